The molecule has 1 saturated heterocycles. The van der Waals surface area contributed by atoms with E-state index in [1.807, 2.05) is 0 Å². The lowest BCUT2D eigenvalue weighted by molar-refractivity contribution is 0.0221. The third-order valence-corrected chi connectivity index (χ3v) is 3.69. The molecule has 1 heterocycles. The van der Waals surface area contributed by atoms with Gasteiger partial charge in [0.2, 0.25) is 0 Å². The highest BCUT2D eigenvalue weighted by Crippen LogP contribution is 2.13. The zero-order valence-corrected chi connectivity index (χ0v) is 16.0. The molecule has 0 amide bonds. The van der Waals surface area contributed by atoms with Crippen molar-refractivity contribution in [3.63, 3.8) is 0 Å². The molecule has 1 unspecified atom stereocenters. The molecule has 0 saturated carbocycles. The fourth-order valence-corrected chi connectivity index (χ4v) is 2.60. The van der Waals surface area contributed by atoms with Crippen LogP contribution in [0.15, 0.2) is 23.2 Å². The smallest absolute Gasteiger partial charge is 0.193 e. The van der Waals surface area contributed by atoms with Crippen molar-refractivity contribution in [1.29, 1.82) is 0 Å². The van der Waals surface area contributed by atoms with Crippen molar-refractivity contribution in [2.75, 3.05) is 38.2 Å². The highest BCUT2D eigenvalue weighted by molar-refractivity contribution is 14.0. The van der Waals surface area contributed by atoms with Gasteiger partial charge in [0.15, 0.2) is 5.96 Å². The molecule has 0 bridgehead atoms. The third-order valence-electron chi connectivity index (χ3n) is 3.69. The second-order valence-corrected chi connectivity index (χ2v) is 5.72. The number of anilines is 1. The van der Waals surface area contributed by atoms with Gasteiger partial charge in [0.25, 0.3) is 0 Å². The molecule has 22 heavy (non-hydrogen) atoms. The molecule has 1 aliphatic rings. The van der Waals surface area contributed by atoms with Crippen molar-refractivity contribution < 1.29 is 4.74 Å². The van der Waals surface area contributed by atoms with Crippen LogP contribution in [0.1, 0.15) is 18.1 Å². The Labute approximate surface area is 150 Å². The second kappa shape index (κ2) is 9.32. The van der Waals surface area contributed by atoms with E-state index in [1.54, 1.807) is 0 Å². The summed E-state index contributed by atoms with van der Waals surface area (Å²) >= 11 is 0. The molecule has 1 aromatic rings. The molecule has 0 aliphatic carbocycles. The lowest BCUT2D eigenvalue weighted by atomic mass is 10.1. The highest BCUT2D eigenvalue weighted by atomic mass is 127. The minimum Gasteiger partial charge on any atom is -0.379 e. The second-order valence-electron chi connectivity index (χ2n) is 5.72. The average molecular weight is 418 g/mol. The molecule has 3 N–H and O–H groups in total. The van der Waals surface area contributed by atoms with Gasteiger partial charge in [0.05, 0.1) is 19.8 Å². The number of nitrogens with two attached hydrogens (primary N) is 1. The van der Waals surface area contributed by atoms with E-state index in [2.05, 4.69) is 54.2 Å². The highest BCUT2D eigenvalue weighted by Gasteiger charge is 2.16. The molecular formula is C16H27IN4O. The lowest BCUT2D eigenvalue weighted by Gasteiger charge is -2.31. The summed E-state index contributed by atoms with van der Waals surface area (Å²) < 4.78 is 5.36. The summed E-state index contributed by atoms with van der Waals surface area (Å²) in [6.45, 7) is 10.6. The Kier molecular flexibility index (Phi) is 8.13. The fraction of sp³-hybridized carbons (Fsp3) is 0.562. The molecule has 0 spiro atoms. The van der Waals surface area contributed by atoms with Crippen molar-refractivity contribution in [3.05, 3.63) is 29.3 Å². The zero-order valence-electron chi connectivity index (χ0n) is 13.6. The number of benzene rings is 1. The van der Waals surface area contributed by atoms with E-state index in [9.17, 15) is 0 Å². The van der Waals surface area contributed by atoms with Crippen molar-refractivity contribution in [3.8, 4) is 0 Å². The topological polar surface area (TPSA) is 62.9 Å². The number of hydrogen-bond donors (Lipinski definition) is 2. The van der Waals surface area contributed by atoms with Crippen LogP contribution in [0.25, 0.3) is 0 Å². The number of rotatable bonds is 4. The van der Waals surface area contributed by atoms with E-state index in [0.29, 0.717) is 18.5 Å². The van der Waals surface area contributed by atoms with Crippen LogP contribution in [0.4, 0.5) is 5.69 Å². The molecule has 0 radical (unpaired) electrons. The van der Waals surface area contributed by atoms with E-state index in [1.165, 1.54) is 11.1 Å². The Hall–Kier alpha value is -0.860. The van der Waals surface area contributed by atoms with Crippen molar-refractivity contribution in [1.82, 2.24) is 4.90 Å². The number of guanidine groups is 1. The van der Waals surface area contributed by atoms with Gasteiger partial charge in [-0.2, -0.15) is 0 Å². The van der Waals surface area contributed by atoms with E-state index >= 15 is 0 Å². The molecule has 2 rings (SSSR count). The van der Waals surface area contributed by atoms with Crippen molar-refractivity contribution >= 4 is 35.6 Å². The number of halogens is 1. The van der Waals surface area contributed by atoms with Gasteiger partial charge in [-0.15, -0.1) is 24.0 Å². The molecule has 1 atom stereocenters. The quantitative estimate of drug-likeness (QED) is 0.448. The third kappa shape index (κ3) is 6.10. The first-order valence-corrected chi connectivity index (χ1v) is 7.51. The van der Waals surface area contributed by atoms with E-state index in [-0.39, 0.29) is 24.0 Å². The van der Waals surface area contributed by atoms with Gasteiger partial charge >= 0.3 is 0 Å². The van der Waals surface area contributed by atoms with Gasteiger partial charge in [0.1, 0.15) is 0 Å². The molecule has 1 aromatic carbocycles. The van der Waals surface area contributed by atoms with Gasteiger partial charge in [-0.05, 0) is 44.0 Å². The average Bonchev–Trinajstić information content (AvgIpc) is 2.44. The number of aliphatic imine (C=N–C) groups is 1. The van der Waals surface area contributed by atoms with Gasteiger partial charge in [-0.1, -0.05) is 6.07 Å². The maximum atomic E-state index is 5.98. The minimum atomic E-state index is 0. The molecule has 1 fully saturated rings. The number of aryl methyl sites for hydroxylation is 2. The van der Waals surface area contributed by atoms with Crippen LogP contribution < -0.4 is 11.1 Å². The molecule has 124 valence electrons. The predicted molar refractivity (Wildman–Crippen MR) is 103 cm³/mol. The number of nitrogens with one attached hydrogen (secondary N) is 1. The summed E-state index contributed by atoms with van der Waals surface area (Å²) in [4.78, 5) is 6.84. The van der Waals surface area contributed by atoms with Gasteiger partial charge in [-0.3, -0.25) is 9.89 Å². The molecule has 6 heteroatoms. The first-order chi connectivity index (χ1) is 10.0. The van der Waals surface area contributed by atoms with Crippen LogP contribution in [-0.2, 0) is 4.74 Å². The normalized spacial score (nSPS) is 17.7. The number of morpholine rings is 1. The summed E-state index contributed by atoms with van der Waals surface area (Å²) in [7, 11) is 0. The van der Waals surface area contributed by atoms with Crippen LogP contribution in [0.5, 0.6) is 0 Å². The number of ether oxygens (including phenoxy) is 1. The molecule has 5 nitrogen and oxygen atoms in total. The van der Waals surface area contributed by atoms with E-state index in [4.69, 9.17) is 10.5 Å². The fourth-order valence-electron chi connectivity index (χ4n) is 2.60. The van der Waals surface area contributed by atoms with E-state index in [0.717, 1.165) is 32.0 Å². The first-order valence-electron chi connectivity index (χ1n) is 7.51. The molecule has 1 aliphatic heterocycles. The SMILES string of the molecule is Cc1cc(C)cc(NC(N)=NCC(C)N2CCOCC2)c1.I. The van der Waals surface area contributed by atoms with Gasteiger partial charge in [0, 0.05) is 24.8 Å². The summed E-state index contributed by atoms with van der Waals surface area (Å²) in [5.74, 6) is 0.472. The zero-order chi connectivity index (χ0) is 15.2. The van der Waals surface area contributed by atoms with Crippen molar-refractivity contribution in [2.45, 2.75) is 26.8 Å². The Bertz CT molecular complexity index is 481. The minimum absolute atomic E-state index is 0. The number of nitrogens with zero attached hydrogens (tertiary/aromatic N) is 2. The van der Waals surface area contributed by atoms with Crippen LogP contribution >= 0.6 is 24.0 Å². The van der Waals surface area contributed by atoms with Crippen LogP contribution in [-0.4, -0.2) is 49.7 Å². The maximum absolute atomic E-state index is 5.98. The maximum Gasteiger partial charge on any atom is 0.193 e. The summed E-state index contributed by atoms with van der Waals surface area (Å²) in [6, 6.07) is 6.66. The van der Waals surface area contributed by atoms with Crippen LogP contribution in [0, 0.1) is 13.8 Å². The molecular weight excluding hydrogens is 391 g/mol. The van der Waals surface area contributed by atoms with Gasteiger partial charge < -0.3 is 15.8 Å². The van der Waals surface area contributed by atoms with E-state index < -0.39 is 0 Å². The van der Waals surface area contributed by atoms with Crippen molar-refractivity contribution in [2.24, 2.45) is 10.7 Å². The standard InChI is InChI=1S/C16H26N4O.HI/c1-12-8-13(2)10-15(9-12)19-16(17)18-11-14(3)20-4-6-21-7-5-20;/h8-10,14H,4-7,11H2,1-3H3,(H3,17,18,19);1H. The lowest BCUT2D eigenvalue weighted by Crippen LogP contribution is -2.43. The molecule has 0 aromatic heterocycles. The predicted octanol–water partition coefficient (Wildman–Crippen LogP) is 2.37. The first kappa shape index (κ1) is 19.2. The van der Waals surface area contributed by atoms with Gasteiger partial charge in [-0.25, -0.2) is 0 Å². The van der Waals surface area contributed by atoms with Crippen LogP contribution in [0.2, 0.25) is 0 Å². The number of hydrogen-bond acceptors (Lipinski definition) is 3. The van der Waals surface area contributed by atoms with Crippen LogP contribution in [0.3, 0.4) is 0 Å². The summed E-state index contributed by atoms with van der Waals surface area (Å²) in [6.07, 6.45) is 0. The monoisotopic (exact) mass is 418 g/mol. The summed E-state index contributed by atoms with van der Waals surface area (Å²) in [5.41, 5.74) is 9.40. The Morgan fingerprint density at radius 2 is 1.86 bits per heavy atom. The largest absolute Gasteiger partial charge is 0.379 e. The Balaban J connectivity index is 0.00000242. The Morgan fingerprint density at radius 1 is 1.27 bits per heavy atom. The summed E-state index contributed by atoms with van der Waals surface area (Å²) in [5, 5.41) is 3.17. The Morgan fingerprint density at radius 3 is 2.45 bits per heavy atom.